The summed E-state index contributed by atoms with van der Waals surface area (Å²) >= 11 is 1.31. The molecule has 3 heterocycles. The summed E-state index contributed by atoms with van der Waals surface area (Å²) in [6.45, 7) is 5.86. The van der Waals surface area contributed by atoms with Gasteiger partial charge in [-0.05, 0) is 32.3 Å². The number of aromatic nitrogens is 2. The Morgan fingerprint density at radius 1 is 1.19 bits per heavy atom. The third-order valence-corrected chi connectivity index (χ3v) is 9.71. The Balaban J connectivity index is 1.51. The van der Waals surface area contributed by atoms with Gasteiger partial charge in [0, 0.05) is 39.3 Å². The highest BCUT2D eigenvalue weighted by molar-refractivity contribution is 7.86. The SMILES string of the molecule is CCOC(=O)c1sc2ncnc(N3CCN(S(=O)(=O)N(C)C4CCCCC4)CC3)c2c1C. The molecule has 176 valence electrons. The smallest absolute Gasteiger partial charge is 0.348 e. The number of ether oxygens (including phenoxy) is 1. The zero-order valence-electron chi connectivity index (χ0n) is 18.9. The van der Waals surface area contributed by atoms with Gasteiger partial charge >= 0.3 is 5.97 Å². The number of carbonyl (C=O) groups is 1. The lowest BCUT2D eigenvalue weighted by Gasteiger charge is -2.39. The van der Waals surface area contributed by atoms with E-state index in [0.717, 1.165) is 47.3 Å². The molecule has 0 amide bonds. The molecule has 4 rings (SSSR count). The molecule has 0 bridgehead atoms. The Labute approximate surface area is 193 Å². The summed E-state index contributed by atoms with van der Waals surface area (Å²) < 4.78 is 34.7. The zero-order valence-corrected chi connectivity index (χ0v) is 20.5. The van der Waals surface area contributed by atoms with E-state index in [9.17, 15) is 13.2 Å². The quantitative estimate of drug-likeness (QED) is 0.586. The monoisotopic (exact) mass is 481 g/mol. The van der Waals surface area contributed by atoms with E-state index in [2.05, 4.69) is 14.9 Å². The summed E-state index contributed by atoms with van der Waals surface area (Å²) in [5.74, 6) is 0.401. The van der Waals surface area contributed by atoms with Crippen LogP contribution in [0, 0.1) is 6.92 Å². The molecule has 0 unspecified atom stereocenters. The predicted molar refractivity (Wildman–Crippen MR) is 125 cm³/mol. The summed E-state index contributed by atoms with van der Waals surface area (Å²) in [5.41, 5.74) is 0.811. The fourth-order valence-corrected chi connectivity index (χ4v) is 7.24. The summed E-state index contributed by atoms with van der Waals surface area (Å²) in [5, 5.41) is 0.844. The number of fused-ring (bicyclic) bond motifs is 1. The van der Waals surface area contributed by atoms with Crippen LogP contribution in [0.3, 0.4) is 0 Å². The lowest BCUT2D eigenvalue weighted by Crippen LogP contribution is -2.54. The van der Waals surface area contributed by atoms with Crippen LogP contribution in [0.4, 0.5) is 5.82 Å². The molecule has 2 aromatic heterocycles. The number of nitrogens with zero attached hydrogens (tertiary/aromatic N) is 5. The Morgan fingerprint density at radius 2 is 1.88 bits per heavy atom. The lowest BCUT2D eigenvalue weighted by molar-refractivity contribution is 0.0531. The van der Waals surface area contributed by atoms with Crippen LogP contribution in [0.25, 0.3) is 10.2 Å². The molecule has 0 radical (unpaired) electrons. The van der Waals surface area contributed by atoms with E-state index in [0.29, 0.717) is 37.7 Å². The number of rotatable bonds is 6. The van der Waals surface area contributed by atoms with Crippen molar-refractivity contribution < 1.29 is 17.9 Å². The van der Waals surface area contributed by atoms with E-state index in [1.807, 2.05) is 6.92 Å². The summed E-state index contributed by atoms with van der Waals surface area (Å²) in [4.78, 5) is 24.5. The molecule has 2 fully saturated rings. The molecule has 0 atom stereocenters. The first-order chi connectivity index (χ1) is 15.3. The minimum absolute atomic E-state index is 0.100. The number of hydrogen-bond donors (Lipinski definition) is 0. The second kappa shape index (κ2) is 9.58. The average molecular weight is 482 g/mol. The molecular weight excluding hydrogens is 450 g/mol. The number of carbonyl (C=O) groups excluding carboxylic acids is 1. The van der Waals surface area contributed by atoms with Gasteiger partial charge in [-0.3, -0.25) is 0 Å². The van der Waals surface area contributed by atoms with E-state index in [4.69, 9.17) is 4.74 Å². The molecule has 32 heavy (non-hydrogen) atoms. The van der Waals surface area contributed by atoms with E-state index in [-0.39, 0.29) is 12.0 Å². The van der Waals surface area contributed by atoms with E-state index in [1.165, 1.54) is 24.1 Å². The van der Waals surface area contributed by atoms with Gasteiger partial charge in [-0.1, -0.05) is 19.3 Å². The molecule has 11 heteroatoms. The molecule has 0 spiro atoms. The average Bonchev–Trinajstić information content (AvgIpc) is 3.16. The Kier molecular flexibility index (Phi) is 6.99. The second-order valence-corrected chi connectivity index (χ2v) is 11.3. The number of anilines is 1. The molecule has 0 N–H and O–H groups in total. The molecule has 1 aliphatic heterocycles. The van der Waals surface area contributed by atoms with Gasteiger partial charge in [-0.2, -0.15) is 17.0 Å². The third-order valence-electron chi connectivity index (χ3n) is 6.48. The van der Waals surface area contributed by atoms with Gasteiger partial charge in [0.05, 0.1) is 12.0 Å². The van der Waals surface area contributed by atoms with Crippen molar-refractivity contribution in [3.05, 3.63) is 16.8 Å². The zero-order chi connectivity index (χ0) is 22.9. The molecule has 9 nitrogen and oxygen atoms in total. The van der Waals surface area contributed by atoms with Crippen LogP contribution in [-0.2, 0) is 14.9 Å². The van der Waals surface area contributed by atoms with Crippen LogP contribution < -0.4 is 4.90 Å². The van der Waals surface area contributed by atoms with Gasteiger partial charge in [-0.25, -0.2) is 14.8 Å². The highest BCUT2D eigenvalue weighted by Crippen LogP contribution is 2.36. The van der Waals surface area contributed by atoms with Crippen molar-refractivity contribution in [2.24, 2.45) is 0 Å². The first-order valence-electron chi connectivity index (χ1n) is 11.2. The first kappa shape index (κ1) is 23.3. The number of hydrogen-bond acceptors (Lipinski definition) is 8. The Hall–Kier alpha value is -1.82. The summed E-state index contributed by atoms with van der Waals surface area (Å²) in [6, 6.07) is 0.100. The van der Waals surface area contributed by atoms with Gasteiger partial charge in [-0.15, -0.1) is 11.3 Å². The lowest BCUT2D eigenvalue weighted by atomic mass is 9.96. The van der Waals surface area contributed by atoms with Crippen molar-refractivity contribution in [1.29, 1.82) is 0 Å². The predicted octanol–water partition coefficient (Wildman–Crippen LogP) is 2.81. The van der Waals surface area contributed by atoms with Crippen LogP contribution in [0.5, 0.6) is 0 Å². The summed E-state index contributed by atoms with van der Waals surface area (Å²) in [6.07, 6.45) is 6.76. The van der Waals surface area contributed by atoms with Crippen molar-refractivity contribution in [2.75, 3.05) is 44.7 Å². The number of aryl methyl sites for hydroxylation is 1. The molecular formula is C21H31N5O4S2. The normalized spacial score (nSPS) is 19.1. The maximum absolute atomic E-state index is 13.2. The van der Waals surface area contributed by atoms with Crippen LogP contribution in [-0.4, -0.2) is 78.8 Å². The molecule has 1 saturated carbocycles. The molecule has 2 aromatic rings. The van der Waals surface area contributed by atoms with Crippen LogP contribution in [0.2, 0.25) is 0 Å². The van der Waals surface area contributed by atoms with Gasteiger partial charge in [0.2, 0.25) is 0 Å². The first-order valence-corrected chi connectivity index (χ1v) is 13.4. The molecule has 1 saturated heterocycles. The van der Waals surface area contributed by atoms with Gasteiger partial charge in [0.15, 0.2) is 0 Å². The molecule has 1 aliphatic carbocycles. The topological polar surface area (TPSA) is 95.9 Å². The van der Waals surface area contributed by atoms with Crippen LogP contribution in [0.15, 0.2) is 6.33 Å². The Bertz CT molecular complexity index is 1070. The van der Waals surface area contributed by atoms with Crippen LogP contribution in [0.1, 0.15) is 54.3 Å². The minimum atomic E-state index is -3.48. The summed E-state index contributed by atoms with van der Waals surface area (Å²) in [7, 11) is -1.76. The fourth-order valence-electron chi connectivity index (χ4n) is 4.63. The Morgan fingerprint density at radius 3 is 2.53 bits per heavy atom. The molecule has 2 aliphatic rings. The van der Waals surface area contributed by atoms with Crippen molar-refractivity contribution in [2.45, 2.75) is 52.0 Å². The number of thiophene rings is 1. The third kappa shape index (κ3) is 4.35. The fraction of sp³-hybridized carbons (Fsp3) is 0.667. The largest absolute Gasteiger partial charge is 0.462 e. The van der Waals surface area contributed by atoms with Crippen LogP contribution >= 0.6 is 11.3 Å². The number of esters is 1. The number of piperazine rings is 1. The van der Waals surface area contributed by atoms with Gasteiger partial charge in [0.25, 0.3) is 10.2 Å². The van der Waals surface area contributed by atoms with E-state index >= 15 is 0 Å². The molecule has 0 aromatic carbocycles. The highest BCUT2D eigenvalue weighted by Gasteiger charge is 2.35. The van der Waals surface area contributed by atoms with Crippen molar-refractivity contribution >= 4 is 43.5 Å². The second-order valence-electron chi connectivity index (χ2n) is 8.36. The minimum Gasteiger partial charge on any atom is -0.462 e. The van der Waals surface area contributed by atoms with E-state index < -0.39 is 10.2 Å². The van der Waals surface area contributed by atoms with Crippen molar-refractivity contribution in [3.8, 4) is 0 Å². The standard InChI is InChI=1S/C21H31N5O4S2/c1-4-30-21(27)18-15(2)17-19(22-14-23-20(17)31-18)25-10-12-26(13-11-25)32(28,29)24(3)16-8-6-5-7-9-16/h14,16H,4-13H2,1-3H3. The maximum Gasteiger partial charge on any atom is 0.348 e. The maximum atomic E-state index is 13.2. The van der Waals surface area contributed by atoms with Crippen molar-refractivity contribution in [1.82, 2.24) is 18.6 Å². The van der Waals surface area contributed by atoms with E-state index in [1.54, 1.807) is 22.6 Å². The van der Waals surface area contributed by atoms with Crippen molar-refractivity contribution in [3.63, 3.8) is 0 Å². The highest BCUT2D eigenvalue weighted by atomic mass is 32.2. The van der Waals surface area contributed by atoms with Gasteiger partial charge in [0.1, 0.15) is 21.9 Å². The van der Waals surface area contributed by atoms with Gasteiger partial charge < -0.3 is 9.64 Å².